The van der Waals surface area contributed by atoms with E-state index in [-0.39, 0.29) is 6.42 Å². The third-order valence-electron chi connectivity index (χ3n) is 4.25. The van der Waals surface area contributed by atoms with Crippen LogP contribution in [0.5, 0.6) is 5.75 Å². The summed E-state index contributed by atoms with van der Waals surface area (Å²) >= 11 is 0. The molecule has 1 aliphatic carbocycles. The van der Waals surface area contributed by atoms with Gasteiger partial charge in [-0.15, -0.1) is 0 Å². The fraction of sp³-hybridized carbons (Fsp3) is 0.500. The van der Waals surface area contributed by atoms with Crippen molar-refractivity contribution in [1.29, 1.82) is 5.41 Å². The Hall–Kier alpha value is -2.10. The van der Waals surface area contributed by atoms with Crippen LogP contribution >= 0.6 is 0 Å². The van der Waals surface area contributed by atoms with Crippen molar-refractivity contribution in [2.24, 2.45) is 11.8 Å². The van der Waals surface area contributed by atoms with Crippen molar-refractivity contribution in [3.05, 3.63) is 42.5 Å². The quantitative estimate of drug-likeness (QED) is 0.548. The number of carbonyl (C=O) groups is 1. The van der Waals surface area contributed by atoms with Crippen LogP contribution in [-0.2, 0) is 4.79 Å². The van der Waals surface area contributed by atoms with Crippen LogP contribution in [0.25, 0.3) is 0 Å². The summed E-state index contributed by atoms with van der Waals surface area (Å²) in [6, 6.07) is 9.90. The molecule has 1 saturated carbocycles. The summed E-state index contributed by atoms with van der Waals surface area (Å²) < 4.78 is 5.71. The third-order valence-corrected chi connectivity index (χ3v) is 4.25. The van der Waals surface area contributed by atoms with Crippen molar-refractivity contribution in [1.82, 2.24) is 0 Å². The zero-order valence-electron chi connectivity index (χ0n) is 14.7. The second-order valence-electron chi connectivity index (χ2n) is 6.09. The third kappa shape index (κ3) is 7.95. The van der Waals surface area contributed by atoms with Gasteiger partial charge < -0.3 is 15.3 Å². The number of carboxylic acid groups (broad SMARTS) is 1. The predicted octanol–water partition coefficient (Wildman–Crippen LogP) is 4.95. The molecule has 1 aromatic carbocycles. The Morgan fingerprint density at radius 3 is 2.62 bits per heavy atom. The summed E-state index contributed by atoms with van der Waals surface area (Å²) in [5.41, 5.74) is 0.886. The molecule has 0 radical (unpaired) electrons. The molecule has 4 nitrogen and oxygen atoms in total. The Labute approximate surface area is 145 Å². The molecule has 24 heavy (non-hydrogen) atoms. The number of hydrogen-bond acceptors (Lipinski definition) is 3. The van der Waals surface area contributed by atoms with Crippen molar-refractivity contribution in [2.75, 3.05) is 6.61 Å². The van der Waals surface area contributed by atoms with Crippen LogP contribution in [0.15, 0.2) is 42.5 Å². The molecule has 0 spiro atoms. The fourth-order valence-electron chi connectivity index (χ4n) is 2.59. The van der Waals surface area contributed by atoms with Crippen LogP contribution < -0.4 is 4.74 Å². The molecule has 0 aromatic heterocycles. The van der Waals surface area contributed by atoms with E-state index in [0.29, 0.717) is 11.8 Å². The number of para-hydroxylation sites is 1. The molecule has 0 heterocycles. The molecule has 4 heteroatoms. The molecule has 0 aliphatic heterocycles. The number of benzene rings is 1. The normalized spacial score (nSPS) is 19.8. The molecular formula is C20H29NO3. The maximum atomic E-state index is 9.94. The Morgan fingerprint density at radius 1 is 1.38 bits per heavy atom. The van der Waals surface area contributed by atoms with Crippen molar-refractivity contribution >= 4 is 11.7 Å². The highest BCUT2D eigenvalue weighted by Crippen LogP contribution is 2.29. The standard InChI is InChI=1S/C13H17NO.C7H12O2/c1-10-11(7-8-13(10)14)9-15-12-5-3-2-4-6-12;1-2-3-4-5-6-7(8)9/h2-6,10-11,14H,7-9H2,1H3;2-3H,4-6H2,1H3,(H,8,9)/b;3-2-. The van der Waals surface area contributed by atoms with E-state index >= 15 is 0 Å². The molecule has 2 rings (SSSR count). The van der Waals surface area contributed by atoms with Crippen molar-refractivity contribution in [2.45, 2.75) is 46.0 Å². The van der Waals surface area contributed by atoms with Gasteiger partial charge in [-0.25, -0.2) is 0 Å². The zero-order chi connectivity index (χ0) is 17.8. The molecule has 1 aliphatic rings. The molecular weight excluding hydrogens is 302 g/mol. The highest BCUT2D eigenvalue weighted by molar-refractivity contribution is 5.85. The predicted molar refractivity (Wildman–Crippen MR) is 97.9 cm³/mol. The topological polar surface area (TPSA) is 70.4 Å². The maximum Gasteiger partial charge on any atom is 0.303 e. The molecule has 1 aromatic rings. The van der Waals surface area contributed by atoms with E-state index in [1.807, 2.05) is 49.4 Å². The first-order valence-electron chi connectivity index (χ1n) is 8.62. The number of allylic oxidation sites excluding steroid dienone is 2. The van der Waals surface area contributed by atoms with Gasteiger partial charge in [-0.05, 0) is 50.7 Å². The van der Waals surface area contributed by atoms with Gasteiger partial charge in [-0.2, -0.15) is 0 Å². The molecule has 132 valence electrons. The van der Waals surface area contributed by atoms with Crippen LogP contribution in [-0.4, -0.2) is 23.4 Å². The van der Waals surface area contributed by atoms with Crippen molar-refractivity contribution < 1.29 is 14.6 Å². The number of carboxylic acids is 1. The second-order valence-corrected chi connectivity index (χ2v) is 6.09. The Morgan fingerprint density at radius 2 is 2.08 bits per heavy atom. The molecule has 0 amide bonds. The SMILES string of the molecule is C/C=C\CCCC(=O)O.CC1C(=N)CCC1COc1ccccc1. The van der Waals surface area contributed by atoms with Gasteiger partial charge in [0.2, 0.25) is 0 Å². The van der Waals surface area contributed by atoms with Crippen molar-refractivity contribution in [3.63, 3.8) is 0 Å². The lowest BCUT2D eigenvalue weighted by atomic mass is 9.98. The van der Waals surface area contributed by atoms with E-state index in [1.165, 1.54) is 0 Å². The minimum Gasteiger partial charge on any atom is -0.493 e. The monoisotopic (exact) mass is 331 g/mol. The lowest BCUT2D eigenvalue weighted by Crippen LogP contribution is -2.17. The first kappa shape index (κ1) is 19.9. The Bertz CT molecular complexity index is 525. The van der Waals surface area contributed by atoms with Crippen LogP contribution in [0.1, 0.15) is 46.0 Å². The van der Waals surface area contributed by atoms with Crippen LogP contribution in [0.2, 0.25) is 0 Å². The molecule has 2 N–H and O–H groups in total. The zero-order valence-corrected chi connectivity index (χ0v) is 14.7. The van der Waals surface area contributed by atoms with E-state index in [0.717, 1.165) is 43.8 Å². The minimum absolute atomic E-state index is 0.282. The fourth-order valence-corrected chi connectivity index (χ4v) is 2.59. The van der Waals surface area contributed by atoms with E-state index in [4.69, 9.17) is 15.3 Å². The van der Waals surface area contributed by atoms with Gasteiger partial charge in [0.05, 0.1) is 6.61 Å². The smallest absolute Gasteiger partial charge is 0.303 e. The number of hydrogen-bond donors (Lipinski definition) is 2. The van der Waals surface area contributed by atoms with Crippen molar-refractivity contribution in [3.8, 4) is 5.75 Å². The number of unbranched alkanes of at least 4 members (excludes halogenated alkanes) is 1. The van der Waals surface area contributed by atoms with E-state index in [9.17, 15) is 4.79 Å². The van der Waals surface area contributed by atoms with Gasteiger partial charge in [0.1, 0.15) is 5.75 Å². The Balaban J connectivity index is 0.000000277. The summed E-state index contributed by atoms with van der Waals surface area (Å²) in [7, 11) is 0. The molecule has 2 unspecified atom stereocenters. The first-order chi connectivity index (χ1) is 11.5. The largest absolute Gasteiger partial charge is 0.493 e. The lowest BCUT2D eigenvalue weighted by molar-refractivity contribution is -0.137. The van der Waals surface area contributed by atoms with E-state index in [2.05, 4.69) is 6.92 Å². The highest BCUT2D eigenvalue weighted by Gasteiger charge is 2.28. The number of aliphatic carboxylic acids is 1. The second kappa shape index (κ2) is 11.4. The summed E-state index contributed by atoms with van der Waals surface area (Å²) in [6.07, 6.45) is 7.87. The van der Waals surface area contributed by atoms with Gasteiger partial charge in [-0.3, -0.25) is 4.79 Å². The number of rotatable bonds is 7. The van der Waals surface area contributed by atoms with Gasteiger partial charge in [-0.1, -0.05) is 37.3 Å². The lowest BCUT2D eigenvalue weighted by Gasteiger charge is -2.15. The molecule has 0 bridgehead atoms. The first-order valence-corrected chi connectivity index (χ1v) is 8.62. The van der Waals surface area contributed by atoms with Gasteiger partial charge >= 0.3 is 5.97 Å². The summed E-state index contributed by atoms with van der Waals surface area (Å²) in [6.45, 7) is 4.81. The molecule has 0 saturated heterocycles. The van der Waals surface area contributed by atoms with E-state index < -0.39 is 5.97 Å². The van der Waals surface area contributed by atoms with Crippen LogP contribution in [0.3, 0.4) is 0 Å². The maximum absolute atomic E-state index is 9.94. The molecule has 1 fully saturated rings. The van der Waals surface area contributed by atoms with Crippen LogP contribution in [0, 0.1) is 17.2 Å². The van der Waals surface area contributed by atoms with Crippen LogP contribution in [0.4, 0.5) is 0 Å². The van der Waals surface area contributed by atoms with Gasteiger partial charge in [0, 0.05) is 18.1 Å². The number of nitrogens with one attached hydrogen (secondary N) is 1. The Kier molecular flexibility index (Phi) is 9.51. The number of ether oxygens (including phenoxy) is 1. The highest BCUT2D eigenvalue weighted by atomic mass is 16.5. The minimum atomic E-state index is -0.709. The van der Waals surface area contributed by atoms with E-state index in [1.54, 1.807) is 0 Å². The molecule has 2 atom stereocenters. The summed E-state index contributed by atoms with van der Waals surface area (Å²) in [4.78, 5) is 9.94. The summed E-state index contributed by atoms with van der Waals surface area (Å²) in [5, 5.41) is 15.9. The average molecular weight is 331 g/mol. The average Bonchev–Trinajstić information content (AvgIpc) is 2.90. The van der Waals surface area contributed by atoms with Gasteiger partial charge in [0.25, 0.3) is 0 Å². The summed E-state index contributed by atoms with van der Waals surface area (Å²) in [5.74, 6) is 1.15. The van der Waals surface area contributed by atoms with Gasteiger partial charge in [0.15, 0.2) is 0 Å².